The second-order valence-electron chi connectivity index (χ2n) is 4.41. The first-order chi connectivity index (χ1) is 9.34. The van der Waals surface area contributed by atoms with Gasteiger partial charge in [-0.2, -0.15) is 0 Å². The molecule has 1 aliphatic heterocycles. The first kappa shape index (κ1) is 15.0. The molecule has 0 aliphatic carbocycles. The number of benzene rings is 1. The Morgan fingerprint density at radius 2 is 2.20 bits per heavy atom. The predicted molar refractivity (Wildman–Crippen MR) is 70.8 cm³/mol. The van der Waals surface area contributed by atoms with E-state index >= 15 is 0 Å². The van der Waals surface area contributed by atoms with Crippen LogP contribution in [0.1, 0.15) is 12.0 Å². The maximum absolute atomic E-state index is 13.7. The quantitative estimate of drug-likeness (QED) is 0.574. The van der Waals surface area contributed by atoms with Gasteiger partial charge in [-0.25, -0.2) is 4.39 Å². The number of aliphatic hydroxyl groups is 1. The average Bonchev–Trinajstić information content (AvgIpc) is 2.73. The van der Waals surface area contributed by atoms with Crippen LogP contribution >= 0.6 is 23.2 Å². The minimum Gasteiger partial charge on any atom is -0.372 e. The lowest BCUT2D eigenvalue weighted by molar-refractivity contribution is -0.150. The van der Waals surface area contributed by atoms with Crippen molar-refractivity contribution in [3.63, 3.8) is 0 Å². The Balaban J connectivity index is 2.10. The van der Waals surface area contributed by atoms with Crippen LogP contribution in [0.15, 0.2) is 12.1 Å². The summed E-state index contributed by atoms with van der Waals surface area (Å²) in [6.45, 7) is -0.0271. The van der Waals surface area contributed by atoms with Gasteiger partial charge in [0.2, 0.25) is 5.60 Å². The Kier molecular flexibility index (Phi) is 4.17. The van der Waals surface area contributed by atoms with Gasteiger partial charge in [0.15, 0.2) is 0 Å². The lowest BCUT2D eigenvalue weighted by atomic mass is 10.0. The molecule has 1 atom stereocenters. The minimum atomic E-state index is -2.11. The van der Waals surface area contributed by atoms with Crippen LogP contribution < -0.4 is 10.6 Å². The first-order valence-corrected chi connectivity index (χ1v) is 6.52. The summed E-state index contributed by atoms with van der Waals surface area (Å²) >= 11 is 11.4. The van der Waals surface area contributed by atoms with Gasteiger partial charge in [0.1, 0.15) is 5.82 Å². The summed E-state index contributed by atoms with van der Waals surface area (Å²) in [4.78, 5) is 23.2. The molecule has 0 saturated carbocycles. The number of amides is 2. The van der Waals surface area contributed by atoms with E-state index in [4.69, 9.17) is 23.2 Å². The van der Waals surface area contributed by atoms with Crippen molar-refractivity contribution in [3.8, 4) is 0 Å². The average molecular weight is 321 g/mol. The Morgan fingerprint density at radius 1 is 1.50 bits per heavy atom. The summed E-state index contributed by atoms with van der Waals surface area (Å²) in [6, 6.07) is 2.55. The van der Waals surface area contributed by atoms with E-state index in [-0.39, 0.29) is 35.1 Å². The molecule has 1 unspecified atom stereocenters. The van der Waals surface area contributed by atoms with Crippen LogP contribution in [0.25, 0.3) is 0 Å². The fourth-order valence-corrected chi connectivity index (χ4v) is 2.43. The number of carbonyl (C=O) groups excluding carboxylic acids is 2. The summed E-state index contributed by atoms with van der Waals surface area (Å²) in [5, 5.41) is 14.6. The highest BCUT2D eigenvalue weighted by Crippen LogP contribution is 2.24. The monoisotopic (exact) mass is 320 g/mol. The second kappa shape index (κ2) is 5.55. The van der Waals surface area contributed by atoms with Gasteiger partial charge in [-0.15, -0.1) is 0 Å². The van der Waals surface area contributed by atoms with Gasteiger partial charge in [0.25, 0.3) is 11.8 Å². The van der Waals surface area contributed by atoms with E-state index in [2.05, 4.69) is 10.6 Å². The van der Waals surface area contributed by atoms with E-state index < -0.39 is 23.2 Å². The minimum absolute atomic E-state index is 0.0313. The largest absolute Gasteiger partial charge is 0.372 e. The zero-order chi connectivity index (χ0) is 14.9. The van der Waals surface area contributed by atoms with Gasteiger partial charge in [0, 0.05) is 30.1 Å². The Labute approximate surface area is 124 Å². The summed E-state index contributed by atoms with van der Waals surface area (Å²) < 4.78 is 13.7. The number of nitrogens with one attached hydrogen (secondary N) is 2. The first-order valence-electron chi connectivity index (χ1n) is 5.77. The Bertz CT molecular complexity index is 582. The van der Waals surface area contributed by atoms with E-state index in [1.165, 1.54) is 12.1 Å². The molecular formula is C12H11Cl2FN2O3. The maximum atomic E-state index is 13.7. The van der Waals surface area contributed by atoms with Crippen LogP contribution in [0, 0.1) is 5.82 Å². The molecule has 1 aliphatic rings. The van der Waals surface area contributed by atoms with E-state index in [9.17, 15) is 19.1 Å². The van der Waals surface area contributed by atoms with Gasteiger partial charge in [0.05, 0.1) is 5.02 Å². The van der Waals surface area contributed by atoms with Gasteiger partial charge in [-0.05, 0) is 12.1 Å². The normalized spacial score (nSPS) is 21.7. The standard InChI is InChI=1S/C12H11Cl2FN2O3/c13-7-3-6(9(15)8(14)4-7)5-17-11(19)12(20)1-2-16-10(12)18/h3-4,20H,1-2,5H2,(H,16,18)(H,17,19). The summed E-state index contributed by atoms with van der Waals surface area (Å²) in [6.07, 6.45) is -0.0313. The van der Waals surface area contributed by atoms with Crippen LogP contribution in [0.4, 0.5) is 4.39 Å². The van der Waals surface area contributed by atoms with Crippen LogP contribution in [-0.2, 0) is 16.1 Å². The van der Waals surface area contributed by atoms with Crippen molar-refractivity contribution < 1.29 is 19.1 Å². The molecule has 0 aromatic heterocycles. The fourth-order valence-electron chi connectivity index (χ4n) is 1.89. The molecular weight excluding hydrogens is 310 g/mol. The van der Waals surface area contributed by atoms with Crippen molar-refractivity contribution in [3.05, 3.63) is 33.6 Å². The van der Waals surface area contributed by atoms with Crippen molar-refractivity contribution in [2.24, 2.45) is 0 Å². The number of hydrogen-bond acceptors (Lipinski definition) is 3. The number of hydrogen-bond donors (Lipinski definition) is 3. The summed E-state index contributed by atoms with van der Waals surface area (Å²) in [5.74, 6) is -2.36. The van der Waals surface area contributed by atoms with Gasteiger partial charge < -0.3 is 15.7 Å². The molecule has 8 heteroatoms. The van der Waals surface area contributed by atoms with Gasteiger partial charge in [-0.1, -0.05) is 23.2 Å². The van der Waals surface area contributed by atoms with Gasteiger partial charge >= 0.3 is 0 Å². The van der Waals surface area contributed by atoms with Gasteiger partial charge in [-0.3, -0.25) is 9.59 Å². The van der Waals surface area contributed by atoms with E-state index in [1.54, 1.807) is 0 Å². The number of rotatable bonds is 3. The Hall–Kier alpha value is -1.37. The van der Waals surface area contributed by atoms with Crippen molar-refractivity contribution in [2.75, 3.05) is 6.54 Å². The third kappa shape index (κ3) is 2.72. The topological polar surface area (TPSA) is 78.4 Å². The molecule has 2 rings (SSSR count). The molecule has 20 heavy (non-hydrogen) atoms. The highest BCUT2D eigenvalue weighted by Gasteiger charge is 2.47. The number of halogens is 3. The zero-order valence-electron chi connectivity index (χ0n) is 10.2. The van der Waals surface area contributed by atoms with E-state index in [0.717, 1.165) is 0 Å². The van der Waals surface area contributed by atoms with Crippen LogP contribution in [0.3, 0.4) is 0 Å². The molecule has 1 aromatic carbocycles. The third-order valence-corrected chi connectivity index (χ3v) is 3.52. The smallest absolute Gasteiger partial charge is 0.262 e. The summed E-state index contributed by atoms with van der Waals surface area (Å²) in [5.41, 5.74) is -2.04. The van der Waals surface area contributed by atoms with Crippen molar-refractivity contribution in [1.29, 1.82) is 0 Å². The molecule has 0 spiro atoms. The van der Waals surface area contributed by atoms with Crippen molar-refractivity contribution in [1.82, 2.24) is 10.6 Å². The van der Waals surface area contributed by atoms with Crippen molar-refractivity contribution >= 4 is 35.0 Å². The molecule has 0 bridgehead atoms. The SMILES string of the molecule is O=C1NCCC1(O)C(=O)NCc1cc(Cl)cc(Cl)c1F. The fraction of sp³-hybridized carbons (Fsp3) is 0.333. The Morgan fingerprint density at radius 3 is 2.80 bits per heavy atom. The highest BCUT2D eigenvalue weighted by molar-refractivity contribution is 6.34. The second-order valence-corrected chi connectivity index (χ2v) is 5.25. The van der Waals surface area contributed by atoms with Crippen LogP contribution in [-0.4, -0.2) is 29.1 Å². The third-order valence-electron chi connectivity index (χ3n) is 3.03. The molecule has 108 valence electrons. The van der Waals surface area contributed by atoms with E-state index in [1.807, 2.05) is 0 Å². The molecule has 1 aromatic rings. The maximum Gasteiger partial charge on any atom is 0.262 e. The lowest BCUT2D eigenvalue weighted by Gasteiger charge is -2.18. The molecule has 0 radical (unpaired) electrons. The molecule has 5 nitrogen and oxygen atoms in total. The zero-order valence-corrected chi connectivity index (χ0v) is 11.7. The molecule has 1 saturated heterocycles. The molecule has 3 N–H and O–H groups in total. The van der Waals surface area contributed by atoms with Crippen LogP contribution in [0.2, 0.25) is 10.0 Å². The predicted octanol–water partition coefficient (Wildman–Crippen LogP) is 1.000. The molecule has 1 fully saturated rings. The van der Waals surface area contributed by atoms with E-state index in [0.29, 0.717) is 0 Å². The lowest BCUT2D eigenvalue weighted by Crippen LogP contribution is -2.51. The van der Waals surface area contributed by atoms with Crippen LogP contribution in [0.5, 0.6) is 0 Å². The summed E-state index contributed by atoms with van der Waals surface area (Å²) in [7, 11) is 0. The molecule has 2 amide bonds. The van der Waals surface area contributed by atoms with Crippen molar-refractivity contribution in [2.45, 2.75) is 18.6 Å². The number of carbonyl (C=O) groups is 2. The highest BCUT2D eigenvalue weighted by atomic mass is 35.5. The molecule has 1 heterocycles.